The van der Waals surface area contributed by atoms with Gasteiger partial charge in [-0.3, -0.25) is 9.59 Å². The maximum Gasteiger partial charge on any atom is 0.508 e. The molecule has 15 heavy (non-hydrogen) atoms. The van der Waals surface area contributed by atoms with Gasteiger partial charge in [0, 0.05) is 21.3 Å². The molecule has 0 aliphatic heterocycles. The molecule has 6 heteroatoms. The number of Topliss-reactive ketones (excluding diaryl/α,β-unsaturated/α-hetero) is 2. The van der Waals surface area contributed by atoms with Crippen molar-refractivity contribution in [3.63, 3.8) is 0 Å². The Morgan fingerprint density at radius 3 is 1.80 bits per heavy atom. The summed E-state index contributed by atoms with van der Waals surface area (Å²) in [4.78, 5) is 22.7. The Morgan fingerprint density at radius 1 is 1.13 bits per heavy atom. The highest BCUT2D eigenvalue weighted by Crippen LogP contribution is 2.14. The lowest BCUT2D eigenvalue weighted by Gasteiger charge is -2.23. The summed E-state index contributed by atoms with van der Waals surface area (Å²) in [6, 6.07) is -0.164. The van der Waals surface area contributed by atoms with Crippen LogP contribution in [-0.2, 0) is 22.9 Å². The van der Waals surface area contributed by atoms with E-state index in [2.05, 4.69) is 6.58 Å². The Kier molecular flexibility index (Phi) is 5.59. The molecule has 0 aliphatic rings. The first kappa shape index (κ1) is 14.2. The Balaban J connectivity index is 4.62. The summed E-state index contributed by atoms with van der Waals surface area (Å²) in [5.74, 6) is -1.21. The number of hydrogen-bond acceptors (Lipinski definition) is 5. The molecule has 0 radical (unpaired) electrons. The number of allylic oxidation sites excluding steroid dienone is 1. The zero-order valence-electron chi connectivity index (χ0n) is 9.46. The van der Waals surface area contributed by atoms with E-state index in [1.54, 1.807) is 0 Å². The lowest BCUT2D eigenvalue weighted by molar-refractivity contribution is -0.133. The van der Waals surface area contributed by atoms with E-state index < -0.39 is 20.4 Å². The van der Waals surface area contributed by atoms with E-state index in [1.165, 1.54) is 28.3 Å². The standard InChI is InChI=1S/C9H16O5Si/c1-7(2)9(11)8(10)6-15(12-3,13-4)14-5/h1,6H2,2-5H3. The molecular weight excluding hydrogens is 216 g/mol. The molecule has 0 saturated heterocycles. The van der Waals surface area contributed by atoms with Gasteiger partial charge < -0.3 is 13.3 Å². The topological polar surface area (TPSA) is 61.8 Å². The number of carbonyl (C=O) groups is 2. The molecule has 0 atom stereocenters. The lowest BCUT2D eigenvalue weighted by Crippen LogP contribution is -2.45. The second-order valence-corrected chi connectivity index (χ2v) is 5.95. The largest absolute Gasteiger partial charge is 0.508 e. The van der Waals surface area contributed by atoms with Gasteiger partial charge in [0.1, 0.15) is 0 Å². The van der Waals surface area contributed by atoms with Gasteiger partial charge in [0.25, 0.3) is 0 Å². The second kappa shape index (κ2) is 5.91. The minimum atomic E-state index is -3.00. The molecule has 0 aromatic heterocycles. The van der Waals surface area contributed by atoms with Crippen LogP contribution in [0.5, 0.6) is 0 Å². The molecule has 0 aromatic rings. The molecule has 0 aromatic carbocycles. The predicted octanol–water partition coefficient (Wildman–Crippen LogP) is 0.579. The van der Waals surface area contributed by atoms with Crippen molar-refractivity contribution in [1.29, 1.82) is 0 Å². The number of carbonyl (C=O) groups excluding carboxylic acids is 2. The third kappa shape index (κ3) is 3.67. The Morgan fingerprint density at radius 2 is 1.53 bits per heavy atom. The molecule has 0 fully saturated rings. The molecule has 0 unspecified atom stereocenters. The zero-order chi connectivity index (χ0) is 12.1. The lowest BCUT2D eigenvalue weighted by atomic mass is 10.2. The predicted molar refractivity (Wildman–Crippen MR) is 56.4 cm³/mol. The molecule has 0 amide bonds. The number of rotatable bonds is 7. The fourth-order valence-electron chi connectivity index (χ4n) is 0.981. The van der Waals surface area contributed by atoms with E-state index in [9.17, 15) is 9.59 Å². The first-order valence-corrected chi connectivity index (χ1v) is 6.24. The van der Waals surface area contributed by atoms with Crippen LogP contribution in [0.1, 0.15) is 6.92 Å². The third-order valence-electron chi connectivity index (χ3n) is 1.95. The first-order chi connectivity index (χ1) is 6.92. The maximum atomic E-state index is 11.5. The quantitative estimate of drug-likeness (QED) is 0.365. The molecule has 0 rings (SSSR count). The second-order valence-electron chi connectivity index (χ2n) is 3.00. The Hall–Kier alpha value is -0.823. The summed E-state index contributed by atoms with van der Waals surface area (Å²) in [7, 11) is 1.16. The van der Waals surface area contributed by atoms with Gasteiger partial charge >= 0.3 is 8.80 Å². The highest BCUT2D eigenvalue weighted by Gasteiger charge is 2.42. The van der Waals surface area contributed by atoms with Crippen molar-refractivity contribution in [2.24, 2.45) is 0 Å². The van der Waals surface area contributed by atoms with Crippen LogP contribution >= 0.6 is 0 Å². The summed E-state index contributed by atoms with van der Waals surface area (Å²) >= 11 is 0. The smallest absolute Gasteiger partial charge is 0.377 e. The summed E-state index contributed by atoms with van der Waals surface area (Å²) in [5, 5.41) is 0. The highest BCUT2D eigenvalue weighted by molar-refractivity contribution is 6.69. The van der Waals surface area contributed by atoms with Gasteiger partial charge in [-0.1, -0.05) is 6.58 Å². The molecule has 0 bridgehead atoms. The summed E-state index contributed by atoms with van der Waals surface area (Å²) in [6.45, 7) is 4.89. The first-order valence-electron chi connectivity index (χ1n) is 4.31. The average Bonchev–Trinajstić information content (AvgIpc) is 2.24. The van der Waals surface area contributed by atoms with Gasteiger partial charge in [-0.05, 0) is 12.5 Å². The molecule has 5 nitrogen and oxygen atoms in total. The molecule has 0 heterocycles. The molecule has 0 saturated carbocycles. The van der Waals surface area contributed by atoms with Gasteiger partial charge in [-0.2, -0.15) is 0 Å². The van der Waals surface area contributed by atoms with Crippen LogP contribution in [-0.4, -0.2) is 41.7 Å². The highest BCUT2D eigenvalue weighted by atomic mass is 28.4. The van der Waals surface area contributed by atoms with E-state index in [-0.39, 0.29) is 11.6 Å². The van der Waals surface area contributed by atoms with Crippen LogP contribution in [0.3, 0.4) is 0 Å². The fraction of sp³-hybridized carbons (Fsp3) is 0.556. The van der Waals surface area contributed by atoms with E-state index in [0.717, 1.165) is 0 Å². The number of hydrogen-bond donors (Lipinski definition) is 0. The minimum absolute atomic E-state index is 0.164. The van der Waals surface area contributed by atoms with Crippen LogP contribution in [0.25, 0.3) is 0 Å². The summed E-state index contributed by atoms with van der Waals surface area (Å²) in [6.07, 6.45) is 0. The van der Waals surface area contributed by atoms with Crippen molar-refractivity contribution < 1.29 is 22.9 Å². The van der Waals surface area contributed by atoms with E-state index in [0.29, 0.717) is 0 Å². The van der Waals surface area contributed by atoms with E-state index in [1.807, 2.05) is 0 Å². The van der Waals surface area contributed by atoms with Gasteiger partial charge in [-0.15, -0.1) is 0 Å². The van der Waals surface area contributed by atoms with Crippen LogP contribution in [0.15, 0.2) is 12.2 Å². The van der Waals surface area contributed by atoms with Gasteiger partial charge in [0.05, 0.1) is 6.04 Å². The molecule has 0 spiro atoms. The van der Waals surface area contributed by atoms with Crippen molar-refractivity contribution in [3.05, 3.63) is 12.2 Å². The molecule has 86 valence electrons. The van der Waals surface area contributed by atoms with Crippen LogP contribution in [0.2, 0.25) is 6.04 Å². The van der Waals surface area contributed by atoms with Gasteiger partial charge in [-0.25, -0.2) is 0 Å². The van der Waals surface area contributed by atoms with Crippen LogP contribution in [0.4, 0.5) is 0 Å². The molecule has 0 aliphatic carbocycles. The minimum Gasteiger partial charge on any atom is -0.377 e. The van der Waals surface area contributed by atoms with E-state index in [4.69, 9.17) is 13.3 Å². The maximum absolute atomic E-state index is 11.5. The van der Waals surface area contributed by atoms with Gasteiger partial charge in [0.15, 0.2) is 0 Å². The van der Waals surface area contributed by atoms with Crippen molar-refractivity contribution in [2.45, 2.75) is 13.0 Å². The third-order valence-corrected chi connectivity index (χ3v) is 4.57. The molecular formula is C9H16O5Si. The van der Waals surface area contributed by atoms with Crippen molar-refractivity contribution in [1.82, 2.24) is 0 Å². The Labute approximate surface area is 90.4 Å². The SMILES string of the molecule is C=C(C)C(=O)C(=O)C[Si](OC)(OC)OC. The normalized spacial score (nSPS) is 11.2. The summed E-state index contributed by atoms with van der Waals surface area (Å²) in [5.41, 5.74) is 0.200. The van der Waals surface area contributed by atoms with Crippen LogP contribution < -0.4 is 0 Å². The average molecular weight is 232 g/mol. The van der Waals surface area contributed by atoms with Gasteiger partial charge in [0.2, 0.25) is 11.6 Å². The van der Waals surface area contributed by atoms with Crippen molar-refractivity contribution >= 4 is 20.4 Å². The molecule has 0 N–H and O–H groups in total. The Bertz CT molecular complexity index is 261. The number of ketones is 2. The van der Waals surface area contributed by atoms with Crippen molar-refractivity contribution in [2.75, 3.05) is 21.3 Å². The monoisotopic (exact) mass is 232 g/mol. The van der Waals surface area contributed by atoms with E-state index >= 15 is 0 Å². The van der Waals surface area contributed by atoms with Crippen molar-refractivity contribution in [3.8, 4) is 0 Å². The zero-order valence-corrected chi connectivity index (χ0v) is 10.5. The van der Waals surface area contributed by atoms with Crippen LogP contribution in [0, 0.1) is 0 Å². The fourth-order valence-corrected chi connectivity index (χ4v) is 2.47. The summed E-state index contributed by atoms with van der Waals surface area (Å²) < 4.78 is 15.1.